The molecule has 0 aliphatic heterocycles. The maximum absolute atomic E-state index is 3.71. The molecule has 1 rings (SSSR count). The first kappa shape index (κ1) is 6.62. The Kier molecular flexibility index (Phi) is 2.11. The van der Waals surface area contributed by atoms with Crippen LogP contribution >= 0.6 is 11.8 Å². The van der Waals surface area contributed by atoms with Crippen LogP contribution < -0.4 is 4.57 Å². The molecule has 1 aromatic heterocycles. The number of nitrogens with zero attached hydrogens (tertiary/aromatic N) is 1. The third-order valence-corrected chi connectivity index (χ3v) is 1.87. The lowest BCUT2D eigenvalue weighted by Gasteiger charge is -1.90. The van der Waals surface area contributed by atoms with Gasteiger partial charge in [0.2, 0.25) is 5.03 Å². The van der Waals surface area contributed by atoms with Crippen LogP contribution in [0.1, 0.15) is 0 Å². The Morgan fingerprint density at radius 1 is 1.56 bits per heavy atom. The minimum atomic E-state index is 1.18. The Hall–Kier alpha value is -0.500. The minimum absolute atomic E-state index is 1.18. The summed E-state index contributed by atoms with van der Waals surface area (Å²) >= 11 is 1.51. The van der Waals surface area contributed by atoms with Gasteiger partial charge in [0.05, 0.1) is 0 Å². The average molecular weight is 139 g/mol. The fraction of sp³-hybridized carbons (Fsp3) is 0.143. The summed E-state index contributed by atoms with van der Waals surface area (Å²) in [6.45, 7) is 0. The normalized spacial score (nSPS) is 9.56. The summed E-state index contributed by atoms with van der Waals surface area (Å²) in [6.07, 6.45) is 5.72. The maximum Gasteiger partial charge on any atom is 0.239 e. The summed E-state index contributed by atoms with van der Waals surface area (Å²) in [6, 6.07) is 6.05. The summed E-state index contributed by atoms with van der Waals surface area (Å²) in [5.74, 6) is 0. The van der Waals surface area contributed by atoms with Crippen molar-refractivity contribution < 1.29 is 4.57 Å². The van der Waals surface area contributed by atoms with Crippen molar-refractivity contribution in [3.63, 3.8) is 0 Å². The average Bonchev–Trinajstić information content (AvgIpc) is 1.89. The summed E-state index contributed by atoms with van der Waals surface area (Å²) in [5, 5.41) is 1.18. The predicted molar refractivity (Wildman–Crippen MR) is 38.8 cm³/mol. The van der Waals surface area contributed by atoms with Crippen LogP contribution in [0, 0.1) is 6.26 Å². The van der Waals surface area contributed by atoms with E-state index in [-0.39, 0.29) is 0 Å². The molecular weight excluding hydrogens is 130 g/mol. The van der Waals surface area contributed by atoms with Gasteiger partial charge in [-0.05, 0) is 6.07 Å². The van der Waals surface area contributed by atoms with Crippen LogP contribution in [0.3, 0.4) is 0 Å². The van der Waals surface area contributed by atoms with Crippen molar-refractivity contribution in [3.8, 4) is 0 Å². The first-order chi connectivity index (χ1) is 4.34. The zero-order valence-corrected chi connectivity index (χ0v) is 6.19. The number of aromatic nitrogens is 1. The van der Waals surface area contributed by atoms with Gasteiger partial charge >= 0.3 is 0 Å². The Morgan fingerprint density at radius 2 is 2.33 bits per heavy atom. The topological polar surface area (TPSA) is 3.88 Å². The molecule has 47 valence electrons. The molecule has 0 amide bonds. The van der Waals surface area contributed by atoms with E-state index >= 15 is 0 Å². The van der Waals surface area contributed by atoms with Crippen LogP contribution in [0.4, 0.5) is 0 Å². The molecule has 0 unspecified atom stereocenters. The molecular formula is C7H9NS+. The van der Waals surface area contributed by atoms with Gasteiger partial charge in [-0.2, -0.15) is 4.57 Å². The van der Waals surface area contributed by atoms with Crippen LogP contribution in [-0.2, 0) is 7.05 Å². The summed E-state index contributed by atoms with van der Waals surface area (Å²) in [5.41, 5.74) is 0. The molecule has 0 atom stereocenters. The molecule has 0 N–H and O–H groups in total. The van der Waals surface area contributed by atoms with E-state index in [1.807, 2.05) is 36.0 Å². The molecule has 9 heavy (non-hydrogen) atoms. The van der Waals surface area contributed by atoms with E-state index in [0.29, 0.717) is 0 Å². The quantitative estimate of drug-likeness (QED) is 0.420. The fourth-order valence-corrected chi connectivity index (χ4v) is 1.10. The third kappa shape index (κ3) is 1.45. The van der Waals surface area contributed by atoms with Crippen molar-refractivity contribution in [3.05, 3.63) is 30.7 Å². The number of hydrogen-bond acceptors (Lipinski definition) is 1. The highest BCUT2D eigenvalue weighted by molar-refractivity contribution is 8.00. The van der Waals surface area contributed by atoms with Crippen LogP contribution in [0.5, 0.6) is 0 Å². The Morgan fingerprint density at radius 3 is 2.78 bits per heavy atom. The number of rotatable bonds is 1. The third-order valence-electron chi connectivity index (χ3n) is 1.16. The number of hydrogen-bond donors (Lipinski definition) is 0. The highest BCUT2D eigenvalue weighted by Crippen LogP contribution is 2.07. The second-order valence-corrected chi connectivity index (χ2v) is 2.50. The first-order valence-electron chi connectivity index (χ1n) is 2.71. The molecule has 0 aliphatic carbocycles. The smallest absolute Gasteiger partial charge is 0.196 e. The van der Waals surface area contributed by atoms with Crippen molar-refractivity contribution in [2.45, 2.75) is 5.03 Å². The minimum Gasteiger partial charge on any atom is -0.196 e. The standard InChI is InChI=1S/C7H9NS/c1-8-6-4-3-5-7(8)9-2/h3-6H,2H2,1H3/q+1. The van der Waals surface area contributed by atoms with Crippen molar-refractivity contribution >= 4 is 11.8 Å². The zero-order valence-electron chi connectivity index (χ0n) is 5.37. The molecule has 0 aliphatic rings. The summed E-state index contributed by atoms with van der Waals surface area (Å²) in [7, 11) is 2.01. The molecule has 1 aromatic rings. The van der Waals surface area contributed by atoms with E-state index in [9.17, 15) is 0 Å². The zero-order chi connectivity index (χ0) is 6.69. The molecule has 0 spiro atoms. The number of thioether (sulfide) groups is 1. The Balaban J connectivity index is 3.01. The number of aryl methyl sites for hydroxylation is 1. The summed E-state index contributed by atoms with van der Waals surface area (Å²) < 4.78 is 2.04. The molecule has 0 saturated carbocycles. The van der Waals surface area contributed by atoms with Crippen molar-refractivity contribution in [2.24, 2.45) is 7.05 Å². The van der Waals surface area contributed by atoms with Crippen molar-refractivity contribution in [1.82, 2.24) is 0 Å². The van der Waals surface area contributed by atoms with Gasteiger partial charge in [-0.25, -0.2) is 0 Å². The molecule has 0 saturated heterocycles. The van der Waals surface area contributed by atoms with Gasteiger partial charge in [0, 0.05) is 18.4 Å². The molecule has 1 heterocycles. The predicted octanol–water partition coefficient (Wildman–Crippen LogP) is 1.39. The van der Waals surface area contributed by atoms with Crippen molar-refractivity contribution in [1.29, 1.82) is 0 Å². The highest BCUT2D eigenvalue weighted by atomic mass is 32.2. The highest BCUT2D eigenvalue weighted by Gasteiger charge is 1.98. The van der Waals surface area contributed by atoms with E-state index in [1.165, 1.54) is 16.8 Å². The lowest BCUT2D eigenvalue weighted by Crippen LogP contribution is -2.29. The first-order valence-corrected chi connectivity index (χ1v) is 3.70. The largest absolute Gasteiger partial charge is 0.239 e. The Labute approximate surface area is 59.7 Å². The monoisotopic (exact) mass is 139 g/mol. The lowest BCUT2D eigenvalue weighted by molar-refractivity contribution is -0.708. The van der Waals surface area contributed by atoms with E-state index in [4.69, 9.17) is 0 Å². The van der Waals surface area contributed by atoms with E-state index in [2.05, 4.69) is 6.26 Å². The van der Waals surface area contributed by atoms with E-state index in [1.54, 1.807) is 0 Å². The van der Waals surface area contributed by atoms with Crippen LogP contribution in [0.2, 0.25) is 0 Å². The second-order valence-electron chi connectivity index (χ2n) is 1.79. The van der Waals surface area contributed by atoms with Gasteiger partial charge in [0.15, 0.2) is 6.20 Å². The van der Waals surface area contributed by atoms with E-state index in [0.717, 1.165) is 0 Å². The molecule has 1 nitrogen and oxygen atoms in total. The van der Waals surface area contributed by atoms with Gasteiger partial charge in [-0.15, -0.1) is 0 Å². The second kappa shape index (κ2) is 2.87. The SMILES string of the molecule is [CH2]Sc1cccc[n+]1C. The lowest BCUT2D eigenvalue weighted by atomic mass is 10.5. The van der Waals surface area contributed by atoms with Gasteiger partial charge < -0.3 is 0 Å². The van der Waals surface area contributed by atoms with Crippen LogP contribution in [-0.4, -0.2) is 0 Å². The maximum atomic E-state index is 3.71. The molecule has 2 heteroatoms. The Bertz CT molecular complexity index is 198. The van der Waals surface area contributed by atoms with Gasteiger partial charge in [-0.1, -0.05) is 11.8 Å². The van der Waals surface area contributed by atoms with Crippen molar-refractivity contribution in [2.75, 3.05) is 0 Å². The molecule has 1 radical (unpaired) electrons. The van der Waals surface area contributed by atoms with Gasteiger partial charge in [-0.3, -0.25) is 0 Å². The van der Waals surface area contributed by atoms with Gasteiger partial charge in [0.25, 0.3) is 0 Å². The van der Waals surface area contributed by atoms with Crippen LogP contribution in [0.25, 0.3) is 0 Å². The van der Waals surface area contributed by atoms with Crippen LogP contribution in [0.15, 0.2) is 29.4 Å². The molecule has 0 aromatic carbocycles. The molecule has 0 bridgehead atoms. The van der Waals surface area contributed by atoms with Gasteiger partial charge in [0.1, 0.15) is 7.05 Å². The molecule has 0 fully saturated rings. The van der Waals surface area contributed by atoms with E-state index < -0.39 is 0 Å². The number of pyridine rings is 1. The summed E-state index contributed by atoms with van der Waals surface area (Å²) in [4.78, 5) is 0. The fourth-order valence-electron chi connectivity index (χ4n) is 0.658.